The van der Waals surface area contributed by atoms with Gasteiger partial charge < -0.3 is 5.32 Å². The topological polar surface area (TPSA) is 59.1 Å². The summed E-state index contributed by atoms with van der Waals surface area (Å²) in [6, 6.07) is 5.58. The van der Waals surface area contributed by atoms with Crippen LogP contribution in [-0.2, 0) is 16.3 Å². The minimum atomic E-state index is -2.96. The molecule has 5 heteroatoms. The first kappa shape index (κ1) is 11.5. The molecule has 4 nitrogen and oxygen atoms in total. The summed E-state index contributed by atoms with van der Waals surface area (Å²) in [5, 5.41) is 2.88. The molecule has 0 aliphatic carbocycles. The third-order valence-corrected chi connectivity index (χ3v) is 5.08. The average Bonchev–Trinajstić information content (AvgIpc) is 2.82. The number of hydrogen-bond acceptors (Lipinski definition) is 4. The summed E-state index contributed by atoms with van der Waals surface area (Å²) in [6.07, 6.45) is 2.95. The second-order valence-electron chi connectivity index (χ2n) is 4.05. The lowest BCUT2D eigenvalue weighted by Crippen LogP contribution is -2.27. The number of hydrogen-bond donors (Lipinski definition) is 1. The van der Waals surface area contributed by atoms with E-state index in [1.165, 1.54) is 0 Å². The van der Waals surface area contributed by atoms with Crippen LogP contribution in [0.3, 0.4) is 0 Å². The van der Waals surface area contributed by atoms with E-state index in [-0.39, 0.29) is 11.0 Å². The zero-order chi connectivity index (χ0) is 11.4. The molecule has 0 aromatic carbocycles. The van der Waals surface area contributed by atoms with E-state index in [2.05, 4.69) is 10.3 Å². The molecule has 1 aliphatic rings. The first-order valence-corrected chi connectivity index (χ1v) is 7.22. The van der Waals surface area contributed by atoms with Crippen molar-refractivity contribution in [2.24, 2.45) is 0 Å². The Labute approximate surface area is 96.0 Å². The molecule has 0 spiro atoms. The number of aromatic nitrogens is 1. The highest BCUT2D eigenvalue weighted by molar-refractivity contribution is 7.92. The Kier molecular flexibility index (Phi) is 3.56. The summed E-state index contributed by atoms with van der Waals surface area (Å²) in [7, 11) is -2.96. The Hall–Kier alpha value is -0.940. The van der Waals surface area contributed by atoms with Crippen LogP contribution in [0.25, 0.3) is 0 Å². The third-order valence-electron chi connectivity index (χ3n) is 2.89. The number of aryl methyl sites for hydroxylation is 1. The standard InChI is InChI=1S/C11H16N2O2S/c14-16(15,11-4-7-12-9-11)8-5-10-3-1-2-6-13-10/h1-3,6,11-12H,4-5,7-9H2. The summed E-state index contributed by atoms with van der Waals surface area (Å²) in [6.45, 7) is 1.41. The van der Waals surface area contributed by atoms with Crippen LogP contribution in [0.5, 0.6) is 0 Å². The van der Waals surface area contributed by atoms with Gasteiger partial charge in [-0.05, 0) is 25.1 Å². The van der Waals surface area contributed by atoms with Crippen molar-refractivity contribution in [1.82, 2.24) is 10.3 Å². The van der Waals surface area contributed by atoms with Crippen LogP contribution in [0.4, 0.5) is 0 Å². The second kappa shape index (κ2) is 4.93. The molecule has 1 saturated heterocycles. The molecule has 1 aliphatic heterocycles. The van der Waals surface area contributed by atoms with Crippen molar-refractivity contribution in [1.29, 1.82) is 0 Å². The summed E-state index contributed by atoms with van der Waals surface area (Å²) in [4.78, 5) is 4.13. The van der Waals surface area contributed by atoms with Crippen molar-refractivity contribution >= 4 is 9.84 Å². The Bertz CT molecular complexity index is 425. The van der Waals surface area contributed by atoms with Gasteiger partial charge in [0, 0.05) is 24.9 Å². The number of sulfone groups is 1. The Morgan fingerprint density at radius 3 is 2.94 bits per heavy atom. The third kappa shape index (κ3) is 2.80. The highest BCUT2D eigenvalue weighted by Gasteiger charge is 2.28. The molecule has 88 valence electrons. The minimum Gasteiger partial charge on any atom is -0.315 e. The zero-order valence-electron chi connectivity index (χ0n) is 9.09. The van der Waals surface area contributed by atoms with Gasteiger partial charge in [-0.2, -0.15) is 0 Å². The van der Waals surface area contributed by atoms with Gasteiger partial charge in [-0.15, -0.1) is 0 Å². The van der Waals surface area contributed by atoms with Crippen molar-refractivity contribution in [3.63, 3.8) is 0 Å². The molecule has 1 atom stereocenters. The van der Waals surface area contributed by atoms with Gasteiger partial charge in [-0.3, -0.25) is 4.98 Å². The first-order valence-electron chi connectivity index (χ1n) is 5.51. The smallest absolute Gasteiger partial charge is 0.154 e. The van der Waals surface area contributed by atoms with E-state index in [9.17, 15) is 8.42 Å². The van der Waals surface area contributed by atoms with Gasteiger partial charge in [0.15, 0.2) is 9.84 Å². The highest BCUT2D eigenvalue weighted by Crippen LogP contribution is 2.12. The molecule has 0 radical (unpaired) electrons. The van der Waals surface area contributed by atoms with Gasteiger partial charge in [0.05, 0.1) is 11.0 Å². The van der Waals surface area contributed by atoms with E-state index in [1.807, 2.05) is 18.2 Å². The summed E-state index contributed by atoms with van der Waals surface area (Å²) in [5.74, 6) is 0.205. The lowest BCUT2D eigenvalue weighted by Gasteiger charge is -2.09. The number of pyridine rings is 1. The van der Waals surface area contributed by atoms with Crippen LogP contribution in [-0.4, -0.2) is 37.5 Å². The normalized spacial score (nSPS) is 21.1. The largest absolute Gasteiger partial charge is 0.315 e. The summed E-state index contributed by atoms with van der Waals surface area (Å²) in [5.41, 5.74) is 0.844. The fourth-order valence-corrected chi connectivity index (χ4v) is 3.57. The van der Waals surface area contributed by atoms with Crippen LogP contribution >= 0.6 is 0 Å². The van der Waals surface area contributed by atoms with E-state index in [0.29, 0.717) is 13.0 Å². The maximum atomic E-state index is 11.9. The van der Waals surface area contributed by atoms with E-state index in [4.69, 9.17) is 0 Å². The molecule has 0 amide bonds. The molecule has 1 aromatic rings. The van der Waals surface area contributed by atoms with Crippen molar-refractivity contribution in [2.45, 2.75) is 18.1 Å². The van der Waals surface area contributed by atoms with Gasteiger partial charge >= 0.3 is 0 Å². The van der Waals surface area contributed by atoms with Gasteiger partial charge in [0.1, 0.15) is 0 Å². The molecule has 0 saturated carbocycles. The van der Waals surface area contributed by atoms with Crippen molar-refractivity contribution in [3.05, 3.63) is 30.1 Å². The number of nitrogens with one attached hydrogen (secondary N) is 1. The van der Waals surface area contributed by atoms with Crippen molar-refractivity contribution in [3.8, 4) is 0 Å². The Balaban J connectivity index is 1.94. The predicted molar refractivity (Wildman–Crippen MR) is 63.0 cm³/mol. The molecule has 16 heavy (non-hydrogen) atoms. The molecular weight excluding hydrogens is 224 g/mol. The highest BCUT2D eigenvalue weighted by atomic mass is 32.2. The van der Waals surface area contributed by atoms with Crippen LogP contribution < -0.4 is 5.32 Å². The van der Waals surface area contributed by atoms with E-state index in [0.717, 1.165) is 18.7 Å². The van der Waals surface area contributed by atoms with E-state index >= 15 is 0 Å². The first-order chi connectivity index (χ1) is 7.68. The summed E-state index contributed by atoms with van der Waals surface area (Å²) < 4.78 is 23.9. The molecule has 1 fully saturated rings. The quantitative estimate of drug-likeness (QED) is 0.827. The Morgan fingerprint density at radius 2 is 2.31 bits per heavy atom. The minimum absolute atomic E-state index is 0.198. The lowest BCUT2D eigenvalue weighted by atomic mass is 10.3. The van der Waals surface area contributed by atoms with Gasteiger partial charge in [0.2, 0.25) is 0 Å². The Morgan fingerprint density at radius 1 is 1.44 bits per heavy atom. The second-order valence-corrected chi connectivity index (χ2v) is 6.45. The molecule has 1 N–H and O–H groups in total. The lowest BCUT2D eigenvalue weighted by molar-refractivity contribution is 0.582. The maximum absolute atomic E-state index is 11.9. The molecule has 1 unspecified atom stereocenters. The van der Waals surface area contributed by atoms with Crippen LogP contribution in [0, 0.1) is 0 Å². The van der Waals surface area contributed by atoms with Crippen LogP contribution in [0.2, 0.25) is 0 Å². The van der Waals surface area contributed by atoms with E-state index < -0.39 is 9.84 Å². The van der Waals surface area contributed by atoms with Gasteiger partial charge in [-0.25, -0.2) is 8.42 Å². The number of rotatable bonds is 4. The SMILES string of the molecule is O=S(=O)(CCc1ccccn1)C1CCNC1. The molecule has 0 bridgehead atoms. The van der Waals surface area contributed by atoms with Gasteiger partial charge in [-0.1, -0.05) is 6.07 Å². The molecule has 2 heterocycles. The summed E-state index contributed by atoms with van der Waals surface area (Å²) >= 11 is 0. The zero-order valence-corrected chi connectivity index (χ0v) is 9.91. The molecular formula is C11H16N2O2S. The fourth-order valence-electron chi connectivity index (χ4n) is 1.89. The van der Waals surface area contributed by atoms with E-state index in [1.54, 1.807) is 6.20 Å². The van der Waals surface area contributed by atoms with Crippen LogP contribution in [0.1, 0.15) is 12.1 Å². The average molecular weight is 240 g/mol. The van der Waals surface area contributed by atoms with Crippen molar-refractivity contribution < 1.29 is 8.42 Å². The number of nitrogens with zero attached hydrogens (tertiary/aromatic N) is 1. The van der Waals surface area contributed by atoms with Crippen molar-refractivity contribution in [2.75, 3.05) is 18.8 Å². The fraction of sp³-hybridized carbons (Fsp3) is 0.545. The molecule has 1 aromatic heterocycles. The van der Waals surface area contributed by atoms with Crippen LogP contribution in [0.15, 0.2) is 24.4 Å². The van der Waals surface area contributed by atoms with Gasteiger partial charge in [0.25, 0.3) is 0 Å². The molecule has 2 rings (SSSR count). The predicted octanol–water partition coefficient (Wildman–Crippen LogP) is 0.401. The monoisotopic (exact) mass is 240 g/mol. The maximum Gasteiger partial charge on any atom is 0.154 e.